The SMILES string of the molecule is COCC(=O)Nc1ccc(N2C(=S)NC(c3ccccn3)C2c2cccn2-c2cccc(OC)c2)cc1Cl. The minimum atomic E-state index is -0.287. The number of carbonyl (C=O) groups is 1. The molecule has 1 saturated heterocycles. The van der Waals surface area contributed by atoms with Crippen molar-refractivity contribution in [3.8, 4) is 11.4 Å². The van der Waals surface area contributed by atoms with Crippen LogP contribution in [-0.4, -0.2) is 41.4 Å². The van der Waals surface area contributed by atoms with Gasteiger partial charge in [0.1, 0.15) is 18.4 Å². The molecule has 38 heavy (non-hydrogen) atoms. The third kappa shape index (κ3) is 5.08. The number of ether oxygens (including phenoxy) is 2. The number of pyridine rings is 1. The molecular formula is C28H26ClN5O3S. The summed E-state index contributed by atoms with van der Waals surface area (Å²) in [6.07, 6.45) is 3.79. The average molecular weight is 548 g/mol. The summed E-state index contributed by atoms with van der Waals surface area (Å²) in [7, 11) is 3.12. The summed E-state index contributed by atoms with van der Waals surface area (Å²) in [4.78, 5) is 18.7. The molecule has 0 radical (unpaired) electrons. The van der Waals surface area contributed by atoms with E-state index in [1.54, 1.807) is 25.4 Å². The van der Waals surface area contributed by atoms with Crippen LogP contribution in [0.5, 0.6) is 5.75 Å². The number of anilines is 2. The summed E-state index contributed by atoms with van der Waals surface area (Å²) in [5, 5.41) is 7.16. The van der Waals surface area contributed by atoms with Gasteiger partial charge in [-0.2, -0.15) is 0 Å². The molecule has 1 fully saturated rings. The monoisotopic (exact) mass is 547 g/mol. The zero-order chi connectivity index (χ0) is 26.6. The maximum atomic E-state index is 12.0. The Hall–Kier alpha value is -3.92. The van der Waals surface area contributed by atoms with Crippen molar-refractivity contribution in [3.05, 3.63) is 102 Å². The molecule has 1 amide bonds. The van der Waals surface area contributed by atoms with E-state index < -0.39 is 0 Å². The highest BCUT2D eigenvalue weighted by Crippen LogP contribution is 2.43. The van der Waals surface area contributed by atoms with Gasteiger partial charge in [-0.3, -0.25) is 9.78 Å². The number of hydrogen-bond donors (Lipinski definition) is 2. The number of benzene rings is 2. The quantitative estimate of drug-likeness (QED) is 0.290. The predicted octanol–water partition coefficient (Wildman–Crippen LogP) is 5.30. The summed E-state index contributed by atoms with van der Waals surface area (Å²) in [6, 6.07) is 22.7. The Morgan fingerprint density at radius 1 is 1.08 bits per heavy atom. The number of carbonyl (C=O) groups excluding carboxylic acids is 1. The van der Waals surface area contributed by atoms with Crippen molar-refractivity contribution in [2.45, 2.75) is 12.1 Å². The van der Waals surface area contributed by atoms with E-state index in [2.05, 4.69) is 26.3 Å². The molecule has 1 aliphatic rings. The Kier molecular flexibility index (Phi) is 7.59. The number of aromatic nitrogens is 2. The maximum absolute atomic E-state index is 12.0. The first-order chi connectivity index (χ1) is 18.5. The van der Waals surface area contributed by atoms with Crippen LogP contribution < -0.4 is 20.3 Å². The molecule has 2 aromatic carbocycles. The van der Waals surface area contributed by atoms with Crippen LogP contribution in [0, 0.1) is 0 Å². The second kappa shape index (κ2) is 11.2. The Balaban J connectivity index is 1.59. The van der Waals surface area contributed by atoms with Crippen LogP contribution >= 0.6 is 23.8 Å². The number of thiocarbonyl (C=S) groups is 1. The van der Waals surface area contributed by atoms with Crippen LogP contribution in [0.15, 0.2) is 85.2 Å². The molecule has 1 aliphatic heterocycles. The van der Waals surface area contributed by atoms with Gasteiger partial charge in [0.05, 0.1) is 29.6 Å². The van der Waals surface area contributed by atoms with E-state index in [9.17, 15) is 4.79 Å². The summed E-state index contributed by atoms with van der Waals surface area (Å²) in [5.41, 5.74) is 4.08. The molecule has 0 bridgehead atoms. The lowest BCUT2D eigenvalue weighted by atomic mass is 10.0. The highest BCUT2D eigenvalue weighted by molar-refractivity contribution is 7.80. The highest BCUT2D eigenvalue weighted by Gasteiger charge is 2.42. The first-order valence-corrected chi connectivity index (χ1v) is 12.7. The number of nitrogens with one attached hydrogen (secondary N) is 2. The Morgan fingerprint density at radius 3 is 2.68 bits per heavy atom. The molecule has 0 saturated carbocycles. The van der Waals surface area contributed by atoms with E-state index in [-0.39, 0.29) is 24.6 Å². The van der Waals surface area contributed by atoms with Gasteiger partial charge in [0.2, 0.25) is 5.91 Å². The number of nitrogens with zero attached hydrogens (tertiary/aromatic N) is 3. The normalized spacial score (nSPS) is 16.8. The second-order valence-electron chi connectivity index (χ2n) is 8.65. The summed E-state index contributed by atoms with van der Waals surface area (Å²) in [6.45, 7) is -0.0622. The van der Waals surface area contributed by atoms with Crippen LogP contribution in [0.3, 0.4) is 0 Å². The molecule has 194 valence electrons. The van der Waals surface area contributed by atoms with Crippen LogP contribution in [0.2, 0.25) is 5.02 Å². The van der Waals surface area contributed by atoms with Crippen LogP contribution in [-0.2, 0) is 9.53 Å². The lowest BCUT2D eigenvalue weighted by molar-refractivity contribution is -0.119. The number of rotatable bonds is 8. The Bertz CT molecular complexity index is 1460. The number of halogens is 1. The van der Waals surface area contributed by atoms with Gasteiger partial charge < -0.3 is 29.6 Å². The van der Waals surface area contributed by atoms with Gasteiger partial charge in [0, 0.05) is 42.6 Å². The van der Waals surface area contributed by atoms with Gasteiger partial charge in [0.15, 0.2) is 5.11 Å². The second-order valence-corrected chi connectivity index (χ2v) is 9.44. The molecule has 10 heteroatoms. The zero-order valence-corrected chi connectivity index (χ0v) is 22.4. The van der Waals surface area contributed by atoms with Crippen molar-refractivity contribution in [3.63, 3.8) is 0 Å². The lowest BCUT2D eigenvalue weighted by Crippen LogP contribution is -2.30. The predicted molar refractivity (Wildman–Crippen MR) is 152 cm³/mol. The first-order valence-electron chi connectivity index (χ1n) is 11.9. The third-order valence-electron chi connectivity index (χ3n) is 6.29. The van der Waals surface area contributed by atoms with E-state index in [1.807, 2.05) is 65.7 Å². The van der Waals surface area contributed by atoms with Crippen molar-refractivity contribution >= 4 is 46.2 Å². The molecule has 4 aromatic rings. The van der Waals surface area contributed by atoms with Gasteiger partial charge in [-0.25, -0.2) is 0 Å². The fraction of sp³-hybridized carbons (Fsp3) is 0.179. The van der Waals surface area contributed by atoms with Crippen LogP contribution in [0.25, 0.3) is 5.69 Å². The molecule has 2 N–H and O–H groups in total. The van der Waals surface area contributed by atoms with Gasteiger partial charge in [0.25, 0.3) is 0 Å². The minimum Gasteiger partial charge on any atom is -0.497 e. The van der Waals surface area contributed by atoms with Crippen LogP contribution in [0.4, 0.5) is 11.4 Å². The van der Waals surface area contributed by atoms with E-state index in [0.29, 0.717) is 15.8 Å². The van der Waals surface area contributed by atoms with Gasteiger partial charge in [-0.1, -0.05) is 23.7 Å². The third-order valence-corrected chi connectivity index (χ3v) is 6.92. The molecule has 8 nitrogen and oxygen atoms in total. The summed E-state index contributed by atoms with van der Waals surface area (Å²) in [5.74, 6) is 0.475. The van der Waals surface area contributed by atoms with Gasteiger partial charge in [-0.15, -0.1) is 0 Å². The fourth-order valence-electron chi connectivity index (χ4n) is 4.64. The molecule has 2 unspecified atom stereocenters. The van der Waals surface area contributed by atoms with Crippen molar-refractivity contribution < 1.29 is 14.3 Å². The van der Waals surface area contributed by atoms with E-state index in [1.165, 1.54) is 7.11 Å². The van der Waals surface area contributed by atoms with E-state index >= 15 is 0 Å². The van der Waals surface area contributed by atoms with Crippen molar-refractivity contribution in [1.82, 2.24) is 14.9 Å². The molecule has 3 heterocycles. The summed E-state index contributed by atoms with van der Waals surface area (Å²) < 4.78 is 12.5. The topological polar surface area (TPSA) is 80.7 Å². The van der Waals surface area contributed by atoms with Gasteiger partial charge in [-0.05, 0) is 66.8 Å². The van der Waals surface area contributed by atoms with Gasteiger partial charge >= 0.3 is 0 Å². The lowest BCUT2D eigenvalue weighted by Gasteiger charge is -2.29. The van der Waals surface area contributed by atoms with Crippen LogP contribution in [0.1, 0.15) is 23.5 Å². The summed E-state index contributed by atoms with van der Waals surface area (Å²) >= 11 is 12.5. The number of amides is 1. The molecule has 0 aliphatic carbocycles. The highest BCUT2D eigenvalue weighted by atomic mass is 35.5. The smallest absolute Gasteiger partial charge is 0.250 e. The number of methoxy groups -OCH3 is 2. The molecule has 0 spiro atoms. The van der Waals surface area contributed by atoms with Crippen molar-refractivity contribution in [1.29, 1.82) is 0 Å². The molecule has 5 rings (SSSR count). The average Bonchev–Trinajstić information content (AvgIpc) is 3.55. The minimum absolute atomic E-state index is 0.0622. The largest absolute Gasteiger partial charge is 0.497 e. The molecular weight excluding hydrogens is 522 g/mol. The molecule has 2 atom stereocenters. The van der Waals surface area contributed by atoms with E-state index in [0.717, 1.165) is 28.5 Å². The van der Waals surface area contributed by atoms with Crippen molar-refractivity contribution in [2.75, 3.05) is 31.0 Å². The standard InChI is InChI=1S/C28H26ClN5O3S/c1-36-17-25(35)31-22-12-11-19(16-21(22)29)34-27(26(32-28(34)38)23-9-3-4-13-30-23)24-10-6-14-33(24)18-7-5-8-20(15-18)37-2/h3-16,26-27H,17H2,1-2H3,(H,31,35)(H,32,38). The fourth-order valence-corrected chi connectivity index (χ4v) is 5.20. The maximum Gasteiger partial charge on any atom is 0.250 e. The first kappa shape index (κ1) is 25.7. The molecule has 2 aromatic heterocycles. The Morgan fingerprint density at radius 2 is 1.95 bits per heavy atom. The zero-order valence-electron chi connectivity index (χ0n) is 20.8. The van der Waals surface area contributed by atoms with E-state index in [4.69, 9.17) is 33.3 Å². The van der Waals surface area contributed by atoms with Crippen molar-refractivity contribution in [2.24, 2.45) is 0 Å². The number of hydrogen-bond acceptors (Lipinski definition) is 5. The Labute approximate surface area is 231 Å².